The van der Waals surface area contributed by atoms with E-state index < -0.39 is 23.1 Å². The molecular weight excluding hydrogens is 237 g/mol. The summed E-state index contributed by atoms with van der Waals surface area (Å²) in [7, 11) is 1.30. The van der Waals surface area contributed by atoms with Crippen LogP contribution in [0.3, 0.4) is 0 Å². The molecule has 94 valence electrons. The van der Waals surface area contributed by atoms with Crippen LogP contribution in [0.4, 0.5) is 13.2 Å². The summed E-state index contributed by atoms with van der Waals surface area (Å²) < 4.78 is 45.2. The van der Waals surface area contributed by atoms with Gasteiger partial charge in [-0.3, -0.25) is 0 Å². The summed E-state index contributed by atoms with van der Waals surface area (Å²) in [5.74, 6) is -6.85. The lowest BCUT2D eigenvalue weighted by Crippen LogP contribution is -2.45. The van der Waals surface area contributed by atoms with Crippen molar-refractivity contribution in [1.82, 2.24) is 0 Å². The first-order valence-corrected chi connectivity index (χ1v) is 4.68. The molecule has 0 bridgehead atoms. The minimum Gasteiger partial charge on any atom is -0.497 e. The molecule has 0 radical (unpaired) electrons. The highest BCUT2D eigenvalue weighted by Crippen LogP contribution is 2.42. The summed E-state index contributed by atoms with van der Waals surface area (Å²) in [5.41, 5.74) is -3.77. The second-order valence-corrected chi connectivity index (χ2v) is 3.61. The first-order valence-electron chi connectivity index (χ1n) is 4.68. The van der Waals surface area contributed by atoms with E-state index in [0.717, 1.165) is 12.1 Å². The Bertz CT molecular complexity index is 430. The summed E-state index contributed by atoms with van der Waals surface area (Å²) in [5, 5.41) is 8.34. The van der Waals surface area contributed by atoms with Crippen LogP contribution in [0.25, 0.3) is 0 Å². The molecule has 0 amide bonds. The van der Waals surface area contributed by atoms with Crippen molar-refractivity contribution in [2.75, 3.05) is 7.11 Å². The molecule has 0 aliphatic carbocycles. The maximum absolute atomic E-state index is 14.0. The Hall–Kier alpha value is -1.72. The maximum Gasteiger partial charge on any atom is 0.379 e. The van der Waals surface area contributed by atoms with Gasteiger partial charge in [0.05, 0.1) is 7.11 Å². The Kier molecular flexibility index (Phi) is 3.35. The zero-order valence-corrected chi connectivity index (χ0v) is 9.21. The molecule has 1 aromatic rings. The number of hydrogen-bond acceptors (Lipinski definition) is 2. The third-order valence-electron chi connectivity index (χ3n) is 2.47. The Morgan fingerprint density at radius 2 is 1.94 bits per heavy atom. The van der Waals surface area contributed by atoms with Crippen molar-refractivity contribution in [1.29, 1.82) is 0 Å². The molecule has 3 nitrogen and oxygen atoms in total. The average Bonchev–Trinajstić information content (AvgIpc) is 2.28. The lowest BCUT2D eigenvalue weighted by Gasteiger charge is -2.27. The van der Waals surface area contributed by atoms with Crippen LogP contribution in [0.1, 0.15) is 12.5 Å². The predicted molar refractivity (Wildman–Crippen MR) is 54.0 cm³/mol. The first-order chi connectivity index (χ1) is 7.73. The SMILES string of the molecule is COc1cccc(C(C)(F)C(F)(F)C(=O)O)c1. The Morgan fingerprint density at radius 1 is 1.35 bits per heavy atom. The molecule has 1 aromatic carbocycles. The van der Waals surface area contributed by atoms with E-state index >= 15 is 0 Å². The minimum absolute atomic E-state index is 0.174. The number of benzene rings is 1. The lowest BCUT2D eigenvalue weighted by molar-refractivity contribution is -0.190. The van der Waals surface area contributed by atoms with Crippen molar-refractivity contribution in [3.05, 3.63) is 29.8 Å². The van der Waals surface area contributed by atoms with Gasteiger partial charge in [0.2, 0.25) is 5.67 Å². The van der Waals surface area contributed by atoms with Crippen LogP contribution >= 0.6 is 0 Å². The standard InChI is InChI=1S/C11H11F3O3/c1-10(12,11(13,14)9(15)16)7-4-3-5-8(6-7)17-2/h3-6H,1-2H3,(H,15,16). The summed E-state index contributed by atoms with van der Waals surface area (Å²) in [6.45, 7) is 0.524. The smallest absolute Gasteiger partial charge is 0.379 e. The average molecular weight is 248 g/mol. The highest BCUT2D eigenvalue weighted by Gasteiger charge is 2.58. The van der Waals surface area contributed by atoms with Crippen molar-refractivity contribution in [2.45, 2.75) is 18.5 Å². The number of rotatable bonds is 4. The Balaban J connectivity index is 3.25. The van der Waals surface area contributed by atoms with Crippen LogP contribution in [0.2, 0.25) is 0 Å². The van der Waals surface area contributed by atoms with Gasteiger partial charge < -0.3 is 9.84 Å². The number of carbonyl (C=O) groups is 1. The number of alkyl halides is 3. The summed E-state index contributed by atoms with van der Waals surface area (Å²) in [6.07, 6.45) is 0. The number of ether oxygens (including phenoxy) is 1. The van der Waals surface area contributed by atoms with Gasteiger partial charge in [-0.05, 0) is 24.6 Å². The van der Waals surface area contributed by atoms with Crippen molar-refractivity contribution in [2.24, 2.45) is 0 Å². The van der Waals surface area contributed by atoms with Crippen LogP contribution in [-0.2, 0) is 10.5 Å². The van der Waals surface area contributed by atoms with E-state index in [2.05, 4.69) is 0 Å². The monoisotopic (exact) mass is 248 g/mol. The van der Waals surface area contributed by atoms with Crippen molar-refractivity contribution < 1.29 is 27.8 Å². The Morgan fingerprint density at radius 3 is 2.41 bits per heavy atom. The molecule has 0 heterocycles. The van der Waals surface area contributed by atoms with Gasteiger partial charge >= 0.3 is 11.9 Å². The van der Waals surface area contributed by atoms with Gasteiger partial charge in [0.1, 0.15) is 5.75 Å². The first kappa shape index (κ1) is 13.3. The van der Waals surface area contributed by atoms with Gasteiger partial charge in [0.15, 0.2) is 0 Å². The quantitative estimate of drug-likeness (QED) is 0.890. The van der Waals surface area contributed by atoms with E-state index in [1.807, 2.05) is 0 Å². The molecule has 0 saturated heterocycles. The maximum atomic E-state index is 14.0. The number of methoxy groups -OCH3 is 1. The van der Waals surface area contributed by atoms with Gasteiger partial charge in [0.25, 0.3) is 0 Å². The topological polar surface area (TPSA) is 46.5 Å². The zero-order valence-electron chi connectivity index (χ0n) is 9.21. The second kappa shape index (κ2) is 4.27. The molecule has 0 fully saturated rings. The Labute approximate surface area is 95.8 Å². The van der Waals surface area contributed by atoms with Gasteiger partial charge in [-0.25, -0.2) is 9.18 Å². The van der Waals surface area contributed by atoms with E-state index in [9.17, 15) is 18.0 Å². The van der Waals surface area contributed by atoms with Gasteiger partial charge in [-0.1, -0.05) is 12.1 Å². The number of aliphatic carboxylic acids is 1. The van der Waals surface area contributed by atoms with Crippen LogP contribution in [0.5, 0.6) is 5.75 Å². The molecule has 0 aliphatic rings. The molecule has 1 unspecified atom stereocenters. The fraction of sp³-hybridized carbons (Fsp3) is 0.364. The third-order valence-corrected chi connectivity index (χ3v) is 2.47. The van der Waals surface area contributed by atoms with E-state index in [4.69, 9.17) is 9.84 Å². The molecule has 0 spiro atoms. The summed E-state index contributed by atoms with van der Waals surface area (Å²) in [6, 6.07) is 4.87. The summed E-state index contributed by atoms with van der Waals surface area (Å²) in [4.78, 5) is 10.4. The van der Waals surface area contributed by atoms with Gasteiger partial charge in [-0.15, -0.1) is 0 Å². The molecule has 17 heavy (non-hydrogen) atoms. The van der Waals surface area contributed by atoms with E-state index in [0.29, 0.717) is 6.92 Å². The van der Waals surface area contributed by atoms with Crippen LogP contribution in [-0.4, -0.2) is 24.1 Å². The molecule has 0 saturated carbocycles. The van der Waals surface area contributed by atoms with E-state index in [1.54, 1.807) is 0 Å². The van der Waals surface area contributed by atoms with Crippen LogP contribution in [0, 0.1) is 0 Å². The predicted octanol–water partition coefficient (Wildman–Crippen LogP) is 2.60. The summed E-state index contributed by atoms with van der Waals surface area (Å²) >= 11 is 0. The third kappa shape index (κ3) is 2.20. The number of carboxylic acid groups (broad SMARTS) is 1. The lowest BCUT2D eigenvalue weighted by atomic mass is 9.91. The highest BCUT2D eigenvalue weighted by atomic mass is 19.3. The van der Waals surface area contributed by atoms with Crippen molar-refractivity contribution >= 4 is 5.97 Å². The molecule has 6 heteroatoms. The molecular formula is C11H11F3O3. The van der Waals surface area contributed by atoms with E-state index in [-0.39, 0.29) is 5.75 Å². The number of carboxylic acids is 1. The molecule has 0 aromatic heterocycles. The number of hydrogen-bond donors (Lipinski definition) is 1. The fourth-order valence-electron chi connectivity index (χ4n) is 1.30. The normalized spacial score (nSPS) is 15.1. The van der Waals surface area contributed by atoms with Gasteiger partial charge in [-0.2, -0.15) is 8.78 Å². The van der Waals surface area contributed by atoms with Crippen molar-refractivity contribution in [3.63, 3.8) is 0 Å². The zero-order chi connectivity index (χ0) is 13.3. The van der Waals surface area contributed by atoms with E-state index in [1.165, 1.54) is 19.2 Å². The largest absolute Gasteiger partial charge is 0.497 e. The van der Waals surface area contributed by atoms with Gasteiger partial charge in [0, 0.05) is 0 Å². The second-order valence-electron chi connectivity index (χ2n) is 3.61. The molecule has 0 aliphatic heterocycles. The molecule has 1 atom stereocenters. The van der Waals surface area contributed by atoms with Crippen LogP contribution in [0.15, 0.2) is 24.3 Å². The van der Waals surface area contributed by atoms with Crippen molar-refractivity contribution in [3.8, 4) is 5.75 Å². The molecule has 1 rings (SSSR count). The highest BCUT2D eigenvalue weighted by molar-refractivity contribution is 5.77. The fourth-order valence-corrected chi connectivity index (χ4v) is 1.30. The molecule has 1 N–H and O–H groups in total. The minimum atomic E-state index is -4.51. The van der Waals surface area contributed by atoms with Crippen LogP contribution < -0.4 is 4.74 Å². The number of halogens is 3.